The Morgan fingerprint density at radius 2 is 2.07 bits per heavy atom. The molecule has 0 saturated heterocycles. The number of hydrogen-bond donors (Lipinski definition) is 2. The molecule has 6 heteroatoms. The van der Waals surface area contributed by atoms with Crippen LogP contribution in [0.4, 0.5) is 5.69 Å². The maximum atomic E-state index is 12.9. The van der Waals surface area contributed by atoms with E-state index < -0.39 is 0 Å². The minimum absolute atomic E-state index is 0.00643. The molecule has 0 aliphatic carbocycles. The van der Waals surface area contributed by atoms with Gasteiger partial charge in [-0.1, -0.05) is 6.07 Å². The van der Waals surface area contributed by atoms with Gasteiger partial charge in [0.15, 0.2) is 0 Å². The van der Waals surface area contributed by atoms with Gasteiger partial charge < -0.3 is 10.3 Å². The van der Waals surface area contributed by atoms with Crippen LogP contribution in [0, 0.1) is 13.8 Å². The van der Waals surface area contributed by atoms with Gasteiger partial charge in [-0.3, -0.25) is 9.69 Å². The lowest BCUT2D eigenvalue weighted by Gasteiger charge is -2.27. The third-order valence-corrected chi connectivity index (χ3v) is 6.63. The molecule has 3 aromatic heterocycles. The smallest absolute Gasteiger partial charge is 0.256 e. The highest BCUT2D eigenvalue weighted by Crippen LogP contribution is 2.30. The second-order valence-corrected chi connectivity index (χ2v) is 9.07. The van der Waals surface area contributed by atoms with Crippen molar-refractivity contribution >= 4 is 34.0 Å². The third-order valence-electron chi connectivity index (χ3n) is 5.61. The number of rotatable bonds is 4. The van der Waals surface area contributed by atoms with E-state index in [2.05, 4.69) is 38.4 Å². The molecule has 4 heterocycles. The fourth-order valence-electron chi connectivity index (χ4n) is 4.28. The normalized spacial score (nSPS) is 14.1. The van der Waals surface area contributed by atoms with Crippen LogP contribution < -0.4 is 5.32 Å². The van der Waals surface area contributed by atoms with Crippen molar-refractivity contribution in [1.82, 2.24) is 14.9 Å². The number of carbonyl (C=O) groups is 1. The van der Waals surface area contributed by atoms with E-state index in [0.717, 1.165) is 59.5 Å². The lowest BCUT2D eigenvalue weighted by atomic mass is 10.0. The molecule has 4 aromatic rings. The van der Waals surface area contributed by atoms with Crippen molar-refractivity contribution in [2.45, 2.75) is 33.4 Å². The summed E-state index contributed by atoms with van der Waals surface area (Å²) in [7, 11) is 0. The fourth-order valence-corrected chi connectivity index (χ4v) is 5.40. The van der Waals surface area contributed by atoms with E-state index in [9.17, 15) is 4.79 Å². The SMILES string of the molecule is Cc1cc(C)cc(NC(=O)c2csc3c2CCN(Cc2cnc4[nH]ccc4c2)C3)c1. The van der Waals surface area contributed by atoms with E-state index in [1.54, 1.807) is 11.3 Å². The molecule has 5 nitrogen and oxygen atoms in total. The van der Waals surface area contributed by atoms with Gasteiger partial charge in [-0.15, -0.1) is 11.3 Å². The summed E-state index contributed by atoms with van der Waals surface area (Å²) in [5.41, 5.74) is 7.34. The lowest BCUT2D eigenvalue weighted by Crippen LogP contribution is -2.30. The highest BCUT2D eigenvalue weighted by atomic mass is 32.1. The summed E-state index contributed by atoms with van der Waals surface area (Å²) in [6, 6.07) is 10.4. The van der Waals surface area contributed by atoms with E-state index in [1.165, 1.54) is 16.0 Å². The zero-order valence-electron chi connectivity index (χ0n) is 17.2. The molecule has 1 aromatic carbocycles. The first-order chi connectivity index (χ1) is 14.5. The van der Waals surface area contributed by atoms with E-state index in [-0.39, 0.29) is 5.91 Å². The number of anilines is 1. The number of H-pyrrole nitrogens is 1. The maximum absolute atomic E-state index is 12.9. The molecule has 0 bridgehead atoms. The van der Waals surface area contributed by atoms with Crippen LogP contribution in [0.3, 0.4) is 0 Å². The van der Waals surface area contributed by atoms with Crippen molar-refractivity contribution in [3.8, 4) is 0 Å². The summed E-state index contributed by atoms with van der Waals surface area (Å²) < 4.78 is 0. The number of nitrogens with one attached hydrogen (secondary N) is 2. The van der Waals surface area contributed by atoms with Crippen molar-refractivity contribution in [3.05, 3.63) is 80.8 Å². The molecular formula is C24H24N4OS. The molecule has 1 amide bonds. The van der Waals surface area contributed by atoms with Crippen molar-refractivity contribution in [3.63, 3.8) is 0 Å². The van der Waals surface area contributed by atoms with Gasteiger partial charge in [-0.05, 0) is 66.8 Å². The van der Waals surface area contributed by atoms with Gasteiger partial charge in [-0.25, -0.2) is 4.98 Å². The summed E-state index contributed by atoms with van der Waals surface area (Å²) in [6.07, 6.45) is 4.77. The number of aromatic amines is 1. The Labute approximate surface area is 179 Å². The number of thiophene rings is 1. The molecule has 5 rings (SSSR count). The molecule has 1 aliphatic rings. The number of aryl methyl sites for hydroxylation is 2. The number of fused-ring (bicyclic) bond motifs is 2. The molecular weight excluding hydrogens is 392 g/mol. The first kappa shape index (κ1) is 19.0. The first-order valence-corrected chi connectivity index (χ1v) is 11.1. The van der Waals surface area contributed by atoms with Crippen molar-refractivity contribution in [2.75, 3.05) is 11.9 Å². The Kier molecular flexibility index (Phi) is 4.89. The maximum Gasteiger partial charge on any atom is 0.256 e. The van der Waals surface area contributed by atoms with Gasteiger partial charge in [-0.2, -0.15) is 0 Å². The number of aromatic nitrogens is 2. The molecule has 1 aliphatic heterocycles. The summed E-state index contributed by atoms with van der Waals surface area (Å²) in [4.78, 5) is 24.3. The van der Waals surface area contributed by atoms with E-state index in [4.69, 9.17) is 0 Å². The van der Waals surface area contributed by atoms with Crippen LogP contribution in [-0.2, 0) is 19.5 Å². The number of nitrogens with zero attached hydrogens (tertiary/aromatic N) is 2. The molecule has 0 fully saturated rings. The number of pyridine rings is 1. The monoisotopic (exact) mass is 416 g/mol. The Morgan fingerprint density at radius 3 is 2.90 bits per heavy atom. The van der Waals surface area contributed by atoms with Crippen LogP contribution >= 0.6 is 11.3 Å². The summed E-state index contributed by atoms with van der Waals surface area (Å²) in [6.45, 7) is 6.79. The van der Waals surface area contributed by atoms with Crippen LogP contribution in [-0.4, -0.2) is 27.3 Å². The third kappa shape index (κ3) is 3.76. The Bertz CT molecular complexity index is 1220. The average Bonchev–Trinajstić information content (AvgIpc) is 3.33. The minimum Gasteiger partial charge on any atom is -0.346 e. The number of carbonyl (C=O) groups excluding carboxylic acids is 1. The molecule has 0 atom stereocenters. The first-order valence-electron chi connectivity index (χ1n) is 10.2. The van der Waals surface area contributed by atoms with Crippen LogP contribution in [0.2, 0.25) is 0 Å². The summed E-state index contributed by atoms with van der Waals surface area (Å²) >= 11 is 1.69. The van der Waals surface area contributed by atoms with Crippen LogP contribution in [0.25, 0.3) is 11.0 Å². The average molecular weight is 417 g/mol. The predicted molar refractivity (Wildman–Crippen MR) is 122 cm³/mol. The molecule has 0 spiro atoms. The standard InChI is InChI=1S/C24H24N4OS/c1-15-7-16(2)9-19(8-15)27-24(29)21-14-30-22-13-28(6-4-20(21)22)12-17-10-18-3-5-25-23(18)26-11-17/h3,5,7-11,14H,4,6,12-13H2,1-2H3,(H,25,26)(H,27,29). The van der Waals surface area contributed by atoms with Crippen LogP contribution in [0.5, 0.6) is 0 Å². The van der Waals surface area contributed by atoms with Crippen molar-refractivity contribution in [1.29, 1.82) is 0 Å². The van der Waals surface area contributed by atoms with E-state index in [1.807, 2.05) is 43.8 Å². The summed E-state index contributed by atoms with van der Waals surface area (Å²) in [5, 5.41) is 6.24. The zero-order valence-corrected chi connectivity index (χ0v) is 18.0. The van der Waals surface area contributed by atoms with Gasteiger partial charge >= 0.3 is 0 Å². The molecule has 30 heavy (non-hydrogen) atoms. The second kappa shape index (κ2) is 7.70. The largest absolute Gasteiger partial charge is 0.346 e. The fraction of sp³-hybridized carbons (Fsp3) is 0.250. The number of hydrogen-bond acceptors (Lipinski definition) is 4. The Balaban J connectivity index is 1.29. The molecule has 2 N–H and O–H groups in total. The topological polar surface area (TPSA) is 61.0 Å². The Hall–Kier alpha value is -2.96. The van der Waals surface area contributed by atoms with Crippen molar-refractivity contribution in [2.24, 2.45) is 0 Å². The van der Waals surface area contributed by atoms with Crippen LogP contribution in [0.15, 0.2) is 48.1 Å². The van der Waals surface area contributed by atoms with Gasteiger partial charge in [0.1, 0.15) is 5.65 Å². The van der Waals surface area contributed by atoms with Gasteiger partial charge in [0.25, 0.3) is 5.91 Å². The predicted octanol–water partition coefficient (Wildman–Crippen LogP) is 5.05. The molecule has 0 saturated carbocycles. The highest BCUT2D eigenvalue weighted by Gasteiger charge is 2.24. The molecule has 0 unspecified atom stereocenters. The van der Waals surface area contributed by atoms with Crippen LogP contribution in [0.1, 0.15) is 37.5 Å². The molecule has 0 radical (unpaired) electrons. The summed E-state index contributed by atoms with van der Waals surface area (Å²) in [5.74, 6) is -0.00643. The number of amides is 1. The van der Waals surface area contributed by atoms with E-state index >= 15 is 0 Å². The highest BCUT2D eigenvalue weighted by molar-refractivity contribution is 7.10. The van der Waals surface area contributed by atoms with Gasteiger partial charge in [0.2, 0.25) is 0 Å². The number of benzene rings is 1. The zero-order chi connectivity index (χ0) is 20.7. The van der Waals surface area contributed by atoms with Gasteiger partial charge in [0, 0.05) is 53.4 Å². The second-order valence-electron chi connectivity index (χ2n) is 8.10. The van der Waals surface area contributed by atoms with Crippen molar-refractivity contribution < 1.29 is 4.79 Å². The Morgan fingerprint density at radius 1 is 1.23 bits per heavy atom. The quantitative estimate of drug-likeness (QED) is 0.489. The van der Waals surface area contributed by atoms with E-state index in [0.29, 0.717) is 0 Å². The molecule has 152 valence electrons. The van der Waals surface area contributed by atoms with Gasteiger partial charge in [0.05, 0.1) is 5.56 Å². The lowest BCUT2D eigenvalue weighted by molar-refractivity contribution is 0.102. The minimum atomic E-state index is -0.00643.